The number of carbonyl (C=O) groups is 1. The number of benzene rings is 1. The molecule has 0 radical (unpaired) electrons. The summed E-state index contributed by atoms with van der Waals surface area (Å²) in [6, 6.07) is 7.06. The van der Waals surface area contributed by atoms with E-state index in [1.807, 2.05) is 24.3 Å². The summed E-state index contributed by atoms with van der Waals surface area (Å²) in [4.78, 5) is 14.9. The van der Waals surface area contributed by atoms with Crippen LogP contribution >= 0.6 is 0 Å². The molecule has 0 aromatic heterocycles. The van der Waals surface area contributed by atoms with Gasteiger partial charge in [-0.15, -0.1) is 0 Å². The molecule has 5 nitrogen and oxygen atoms in total. The Morgan fingerprint density at radius 1 is 1.26 bits per heavy atom. The van der Waals surface area contributed by atoms with Crippen molar-refractivity contribution in [1.29, 1.82) is 0 Å². The summed E-state index contributed by atoms with van der Waals surface area (Å²) in [6.45, 7) is 0.462. The molecule has 0 bridgehead atoms. The SMILES string of the molecule is COc1cccc(CNC(=O)N2CCN(CC(F)(F)F)CC2)c1. The number of urea groups is 1. The maximum absolute atomic E-state index is 12.3. The van der Waals surface area contributed by atoms with E-state index in [-0.39, 0.29) is 19.1 Å². The summed E-state index contributed by atoms with van der Waals surface area (Å²) in [6.07, 6.45) is -4.20. The van der Waals surface area contributed by atoms with Gasteiger partial charge in [0.25, 0.3) is 0 Å². The lowest BCUT2D eigenvalue weighted by Gasteiger charge is -2.34. The molecule has 23 heavy (non-hydrogen) atoms. The van der Waals surface area contributed by atoms with E-state index in [1.165, 1.54) is 9.80 Å². The van der Waals surface area contributed by atoms with Crippen LogP contribution in [-0.2, 0) is 6.54 Å². The summed E-state index contributed by atoms with van der Waals surface area (Å²) >= 11 is 0. The van der Waals surface area contributed by atoms with Gasteiger partial charge in [0.1, 0.15) is 5.75 Å². The van der Waals surface area contributed by atoms with Crippen molar-refractivity contribution >= 4 is 6.03 Å². The maximum atomic E-state index is 12.3. The van der Waals surface area contributed by atoms with Gasteiger partial charge >= 0.3 is 12.2 Å². The van der Waals surface area contributed by atoms with Gasteiger partial charge in [0, 0.05) is 32.7 Å². The topological polar surface area (TPSA) is 44.8 Å². The minimum atomic E-state index is -4.20. The van der Waals surface area contributed by atoms with Crippen LogP contribution in [0.3, 0.4) is 0 Å². The number of nitrogens with one attached hydrogen (secondary N) is 1. The van der Waals surface area contributed by atoms with Crippen molar-refractivity contribution in [2.75, 3.05) is 39.8 Å². The lowest BCUT2D eigenvalue weighted by Crippen LogP contribution is -2.53. The second-order valence-corrected chi connectivity index (χ2v) is 5.39. The lowest BCUT2D eigenvalue weighted by molar-refractivity contribution is -0.148. The highest BCUT2D eigenvalue weighted by Crippen LogP contribution is 2.17. The predicted octanol–water partition coefficient (Wildman–Crippen LogP) is 2.08. The highest BCUT2D eigenvalue weighted by molar-refractivity contribution is 5.74. The minimum Gasteiger partial charge on any atom is -0.497 e. The molecule has 1 aliphatic rings. The smallest absolute Gasteiger partial charge is 0.401 e. The monoisotopic (exact) mass is 331 g/mol. The van der Waals surface area contributed by atoms with Crippen LogP contribution in [0.5, 0.6) is 5.75 Å². The van der Waals surface area contributed by atoms with E-state index in [0.717, 1.165) is 5.56 Å². The number of alkyl halides is 3. The molecule has 2 amide bonds. The Balaban J connectivity index is 1.76. The lowest BCUT2D eigenvalue weighted by atomic mass is 10.2. The van der Waals surface area contributed by atoms with E-state index in [0.29, 0.717) is 25.4 Å². The van der Waals surface area contributed by atoms with Crippen molar-refractivity contribution < 1.29 is 22.7 Å². The predicted molar refractivity (Wildman–Crippen MR) is 79.3 cm³/mol. The first-order valence-electron chi connectivity index (χ1n) is 7.32. The molecule has 1 heterocycles. The number of carbonyl (C=O) groups excluding carboxylic acids is 1. The molecule has 0 unspecified atom stereocenters. The van der Waals surface area contributed by atoms with Gasteiger partial charge in [0.15, 0.2) is 0 Å². The molecule has 1 aromatic rings. The number of methoxy groups -OCH3 is 1. The average Bonchev–Trinajstić information content (AvgIpc) is 2.52. The van der Waals surface area contributed by atoms with Crippen molar-refractivity contribution in [3.05, 3.63) is 29.8 Å². The molecular formula is C15H20F3N3O2. The Labute approximate surface area is 133 Å². The fraction of sp³-hybridized carbons (Fsp3) is 0.533. The standard InChI is InChI=1S/C15H20F3N3O2/c1-23-13-4-2-3-12(9-13)10-19-14(22)21-7-5-20(6-8-21)11-15(16,17)18/h2-4,9H,5-8,10-11H2,1H3,(H,19,22). The van der Waals surface area contributed by atoms with E-state index in [4.69, 9.17) is 4.74 Å². The first-order chi connectivity index (χ1) is 10.9. The first-order valence-corrected chi connectivity index (χ1v) is 7.32. The fourth-order valence-corrected chi connectivity index (χ4v) is 2.43. The summed E-state index contributed by atoms with van der Waals surface area (Å²) in [7, 11) is 1.57. The van der Waals surface area contributed by atoms with Crippen LogP contribution in [0, 0.1) is 0 Å². The van der Waals surface area contributed by atoms with Crippen LogP contribution in [0.25, 0.3) is 0 Å². The molecule has 1 aromatic carbocycles. The van der Waals surface area contributed by atoms with Gasteiger partial charge in [-0.1, -0.05) is 12.1 Å². The maximum Gasteiger partial charge on any atom is 0.401 e. The Kier molecular flexibility index (Phi) is 5.70. The summed E-state index contributed by atoms with van der Waals surface area (Å²) in [5.74, 6) is 0.706. The van der Waals surface area contributed by atoms with E-state index >= 15 is 0 Å². The van der Waals surface area contributed by atoms with Crippen LogP contribution in [-0.4, -0.2) is 61.8 Å². The number of hydrogen-bond acceptors (Lipinski definition) is 3. The summed E-state index contributed by atoms with van der Waals surface area (Å²) in [5.41, 5.74) is 0.897. The number of hydrogen-bond donors (Lipinski definition) is 1. The molecule has 0 spiro atoms. The molecule has 8 heteroatoms. The molecule has 1 N–H and O–H groups in total. The van der Waals surface area contributed by atoms with Gasteiger partial charge in [-0.2, -0.15) is 13.2 Å². The Morgan fingerprint density at radius 2 is 1.96 bits per heavy atom. The fourth-order valence-electron chi connectivity index (χ4n) is 2.43. The number of rotatable bonds is 4. The van der Waals surface area contributed by atoms with E-state index < -0.39 is 12.7 Å². The molecule has 0 saturated carbocycles. The highest BCUT2D eigenvalue weighted by atomic mass is 19.4. The third kappa shape index (κ3) is 5.63. The van der Waals surface area contributed by atoms with E-state index in [1.54, 1.807) is 7.11 Å². The second kappa shape index (κ2) is 7.54. The van der Waals surface area contributed by atoms with Gasteiger partial charge in [-0.05, 0) is 17.7 Å². The highest BCUT2D eigenvalue weighted by Gasteiger charge is 2.32. The van der Waals surface area contributed by atoms with Crippen LogP contribution in [0.15, 0.2) is 24.3 Å². The number of ether oxygens (including phenoxy) is 1. The zero-order valence-electron chi connectivity index (χ0n) is 12.9. The largest absolute Gasteiger partial charge is 0.497 e. The molecular weight excluding hydrogens is 311 g/mol. The quantitative estimate of drug-likeness (QED) is 0.919. The number of piperazine rings is 1. The summed E-state index contributed by atoms with van der Waals surface area (Å²) in [5, 5.41) is 2.77. The van der Waals surface area contributed by atoms with Gasteiger partial charge in [0.2, 0.25) is 0 Å². The first kappa shape index (κ1) is 17.4. The molecule has 0 atom stereocenters. The van der Waals surface area contributed by atoms with Crippen molar-refractivity contribution in [2.45, 2.75) is 12.7 Å². The molecule has 0 aliphatic carbocycles. The van der Waals surface area contributed by atoms with Gasteiger partial charge in [-0.3, -0.25) is 4.90 Å². The average molecular weight is 331 g/mol. The normalized spacial score (nSPS) is 16.3. The van der Waals surface area contributed by atoms with Crippen LogP contribution in [0.2, 0.25) is 0 Å². The van der Waals surface area contributed by atoms with Crippen molar-refractivity contribution in [3.63, 3.8) is 0 Å². The van der Waals surface area contributed by atoms with Crippen molar-refractivity contribution in [3.8, 4) is 5.75 Å². The van der Waals surface area contributed by atoms with Gasteiger partial charge in [-0.25, -0.2) is 4.79 Å². The molecule has 128 valence electrons. The van der Waals surface area contributed by atoms with Crippen molar-refractivity contribution in [1.82, 2.24) is 15.1 Å². The third-order valence-corrected chi connectivity index (χ3v) is 3.64. The van der Waals surface area contributed by atoms with Crippen LogP contribution < -0.4 is 10.1 Å². The zero-order valence-corrected chi connectivity index (χ0v) is 12.9. The minimum absolute atomic E-state index is 0.228. The molecule has 2 rings (SSSR count). The van der Waals surface area contributed by atoms with Crippen LogP contribution in [0.1, 0.15) is 5.56 Å². The number of halogens is 3. The summed E-state index contributed by atoms with van der Waals surface area (Å²) < 4.78 is 42.1. The Morgan fingerprint density at radius 3 is 2.57 bits per heavy atom. The number of nitrogens with zero attached hydrogens (tertiary/aromatic N) is 2. The zero-order chi connectivity index (χ0) is 16.9. The molecule has 1 fully saturated rings. The molecule has 1 saturated heterocycles. The second-order valence-electron chi connectivity index (χ2n) is 5.39. The van der Waals surface area contributed by atoms with Crippen LogP contribution in [0.4, 0.5) is 18.0 Å². The number of amides is 2. The van der Waals surface area contributed by atoms with E-state index in [9.17, 15) is 18.0 Å². The van der Waals surface area contributed by atoms with Gasteiger partial charge < -0.3 is 15.0 Å². The van der Waals surface area contributed by atoms with Crippen molar-refractivity contribution in [2.24, 2.45) is 0 Å². The third-order valence-electron chi connectivity index (χ3n) is 3.64. The Hall–Kier alpha value is -1.96. The van der Waals surface area contributed by atoms with E-state index in [2.05, 4.69) is 5.32 Å². The molecule has 1 aliphatic heterocycles. The van der Waals surface area contributed by atoms with Gasteiger partial charge in [0.05, 0.1) is 13.7 Å². The Bertz CT molecular complexity index is 529.